The molecule has 0 radical (unpaired) electrons. The van der Waals surface area contributed by atoms with Gasteiger partial charge in [-0.05, 0) is 32.1 Å². The van der Waals surface area contributed by atoms with Gasteiger partial charge in [0.05, 0.1) is 0 Å². The first-order valence-corrected chi connectivity index (χ1v) is 6.93. The van der Waals surface area contributed by atoms with Gasteiger partial charge in [-0.1, -0.05) is 18.2 Å². The van der Waals surface area contributed by atoms with Crippen molar-refractivity contribution < 1.29 is 0 Å². The van der Waals surface area contributed by atoms with Gasteiger partial charge >= 0.3 is 0 Å². The second kappa shape index (κ2) is 7.98. The van der Waals surface area contributed by atoms with Crippen LogP contribution in [0, 0.1) is 0 Å². The number of nitrogens with one attached hydrogen (secondary N) is 1. The molecular weight excluding hydrogens is 252 g/mol. The van der Waals surface area contributed by atoms with E-state index in [2.05, 4.69) is 47.6 Å². The summed E-state index contributed by atoms with van der Waals surface area (Å²) in [4.78, 5) is 3.86. The summed E-state index contributed by atoms with van der Waals surface area (Å²) in [7, 11) is 2.24. The molecule has 1 atom stereocenters. The smallest absolute Gasteiger partial charge is 0.0230 e. The van der Waals surface area contributed by atoms with Crippen molar-refractivity contribution in [2.24, 2.45) is 0 Å². The molecule has 1 fully saturated rings. The molecule has 1 aliphatic rings. The summed E-state index contributed by atoms with van der Waals surface area (Å²) in [6, 6.07) is 11.4. The largest absolute Gasteiger partial charge is 0.315 e. The minimum absolute atomic E-state index is 0. The van der Waals surface area contributed by atoms with Crippen LogP contribution in [0.15, 0.2) is 35.2 Å². The topological polar surface area (TPSA) is 15.3 Å². The fraction of sp³-hybridized carbons (Fsp3) is 0.538. The summed E-state index contributed by atoms with van der Waals surface area (Å²) >= 11 is 1.95. The van der Waals surface area contributed by atoms with E-state index in [0.29, 0.717) is 0 Å². The van der Waals surface area contributed by atoms with E-state index in [1.165, 1.54) is 30.2 Å². The van der Waals surface area contributed by atoms with Gasteiger partial charge in [0.2, 0.25) is 0 Å². The molecule has 96 valence electrons. The molecule has 1 aromatic carbocycles. The van der Waals surface area contributed by atoms with Crippen LogP contribution in [0.25, 0.3) is 0 Å². The maximum Gasteiger partial charge on any atom is 0.0230 e. The average Bonchev–Trinajstić information content (AvgIpc) is 2.84. The quantitative estimate of drug-likeness (QED) is 0.829. The minimum Gasteiger partial charge on any atom is -0.315 e. The second-order valence-electron chi connectivity index (χ2n) is 4.29. The fourth-order valence-electron chi connectivity index (χ4n) is 2.02. The zero-order chi connectivity index (χ0) is 11.2. The number of benzene rings is 1. The Balaban J connectivity index is 0.00000144. The summed E-state index contributed by atoms with van der Waals surface area (Å²) in [5, 5.41) is 3.41. The predicted octanol–water partition coefficient (Wildman–Crippen LogP) is 2.49. The van der Waals surface area contributed by atoms with Gasteiger partial charge in [-0.2, -0.15) is 0 Å². The zero-order valence-corrected chi connectivity index (χ0v) is 11.9. The van der Waals surface area contributed by atoms with Crippen molar-refractivity contribution in [1.29, 1.82) is 0 Å². The maximum atomic E-state index is 3.41. The van der Waals surface area contributed by atoms with Gasteiger partial charge in [0, 0.05) is 29.8 Å². The summed E-state index contributed by atoms with van der Waals surface area (Å²) in [5.41, 5.74) is 0. The average molecular weight is 273 g/mol. The van der Waals surface area contributed by atoms with Crippen molar-refractivity contribution in [1.82, 2.24) is 10.2 Å². The Morgan fingerprint density at radius 1 is 1.35 bits per heavy atom. The Morgan fingerprint density at radius 3 is 2.76 bits per heavy atom. The molecule has 1 saturated heterocycles. The molecule has 2 nitrogen and oxygen atoms in total. The summed E-state index contributed by atoms with van der Waals surface area (Å²) in [6.07, 6.45) is 1.30. The van der Waals surface area contributed by atoms with Crippen LogP contribution in [-0.2, 0) is 0 Å². The highest BCUT2D eigenvalue weighted by Crippen LogP contribution is 2.17. The lowest BCUT2D eigenvalue weighted by molar-refractivity contribution is 0.273. The van der Waals surface area contributed by atoms with E-state index < -0.39 is 0 Å². The highest BCUT2D eigenvalue weighted by Gasteiger charge is 2.18. The molecule has 1 unspecified atom stereocenters. The van der Waals surface area contributed by atoms with Gasteiger partial charge in [-0.15, -0.1) is 24.2 Å². The lowest BCUT2D eigenvalue weighted by atomic mass is 10.2. The molecular formula is C13H21ClN2S. The van der Waals surface area contributed by atoms with Crippen molar-refractivity contribution in [2.45, 2.75) is 17.4 Å². The molecule has 0 saturated carbocycles. The molecule has 0 spiro atoms. The standard InChI is InChI=1S/C13H20N2S.ClH/c1-15(12-7-8-14-11-12)9-10-16-13-5-3-2-4-6-13;/h2-6,12,14H,7-11H2,1H3;1H. The molecule has 0 amide bonds. The molecule has 0 aromatic heterocycles. The number of nitrogens with zero attached hydrogens (tertiary/aromatic N) is 1. The first kappa shape index (κ1) is 14.8. The van der Waals surface area contributed by atoms with Gasteiger partial charge < -0.3 is 10.2 Å². The van der Waals surface area contributed by atoms with Crippen molar-refractivity contribution in [2.75, 3.05) is 32.4 Å². The maximum absolute atomic E-state index is 3.41. The number of hydrogen-bond donors (Lipinski definition) is 1. The van der Waals surface area contributed by atoms with E-state index in [9.17, 15) is 0 Å². The Kier molecular flexibility index (Phi) is 6.97. The van der Waals surface area contributed by atoms with E-state index in [0.717, 1.165) is 12.6 Å². The van der Waals surface area contributed by atoms with Crippen molar-refractivity contribution in [3.05, 3.63) is 30.3 Å². The predicted molar refractivity (Wildman–Crippen MR) is 78.3 cm³/mol. The molecule has 2 rings (SSSR count). The molecule has 17 heavy (non-hydrogen) atoms. The number of likely N-dealkylation sites (N-methyl/N-ethyl adjacent to an activating group) is 1. The summed E-state index contributed by atoms with van der Waals surface area (Å²) in [5.74, 6) is 1.18. The summed E-state index contributed by atoms with van der Waals surface area (Å²) < 4.78 is 0. The Hall–Kier alpha value is -0.220. The van der Waals surface area contributed by atoms with Crippen molar-refractivity contribution in [3.8, 4) is 0 Å². The molecule has 1 heterocycles. The van der Waals surface area contributed by atoms with Gasteiger partial charge in [0.1, 0.15) is 0 Å². The first-order valence-electron chi connectivity index (χ1n) is 5.95. The Labute approximate surface area is 115 Å². The third-order valence-electron chi connectivity index (χ3n) is 3.11. The minimum atomic E-state index is 0. The zero-order valence-electron chi connectivity index (χ0n) is 10.3. The molecule has 0 bridgehead atoms. The third kappa shape index (κ3) is 4.88. The van der Waals surface area contributed by atoms with Gasteiger partial charge in [0.15, 0.2) is 0 Å². The van der Waals surface area contributed by atoms with Crippen LogP contribution < -0.4 is 5.32 Å². The highest BCUT2D eigenvalue weighted by atomic mass is 35.5. The number of halogens is 1. The second-order valence-corrected chi connectivity index (χ2v) is 5.46. The van der Waals surface area contributed by atoms with Gasteiger partial charge in [-0.3, -0.25) is 0 Å². The van der Waals surface area contributed by atoms with Crippen LogP contribution in [-0.4, -0.2) is 43.4 Å². The van der Waals surface area contributed by atoms with Crippen LogP contribution >= 0.6 is 24.2 Å². The van der Waals surface area contributed by atoms with Crippen LogP contribution in [0.4, 0.5) is 0 Å². The number of rotatable bonds is 5. The fourth-order valence-corrected chi connectivity index (χ4v) is 2.99. The molecule has 1 aliphatic heterocycles. The molecule has 1 N–H and O–H groups in total. The van der Waals surface area contributed by atoms with Crippen LogP contribution in [0.5, 0.6) is 0 Å². The van der Waals surface area contributed by atoms with Crippen molar-refractivity contribution >= 4 is 24.2 Å². The van der Waals surface area contributed by atoms with Gasteiger partial charge in [0.25, 0.3) is 0 Å². The number of hydrogen-bond acceptors (Lipinski definition) is 3. The Bertz CT molecular complexity index is 302. The van der Waals surface area contributed by atoms with Gasteiger partial charge in [-0.25, -0.2) is 0 Å². The molecule has 1 aromatic rings. The third-order valence-corrected chi connectivity index (χ3v) is 4.11. The van der Waals surface area contributed by atoms with E-state index >= 15 is 0 Å². The van der Waals surface area contributed by atoms with E-state index in [-0.39, 0.29) is 12.4 Å². The van der Waals surface area contributed by atoms with Crippen LogP contribution in [0.1, 0.15) is 6.42 Å². The lowest BCUT2D eigenvalue weighted by Crippen LogP contribution is -2.34. The molecule has 4 heteroatoms. The van der Waals surface area contributed by atoms with Crippen LogP contribution in [0.2, 0.25) is 0 Å². The van der Waals surface area contributed by atoms with Crippen molar-refractivity contribution in [3.63, 3.8) is 0 Å². The Morgan fingerprint density at radius 2 is 2.12 bits per heavy atom. The monoisotopic (exact) mass is 272 g/mol. The number of thioether (sulfide) groups is 1. The van der Waals surface area contributed by atoms with E-state index in [1.54, 1.807) is 0 Å². The molecule has 0 aliphatic carbocycles. The first-order chi connectivity index (χ1) is 7.86. The van der Waals surface area contributed by atoms with E-state index in [4.69, 9.17) is 0 Å². The van der Waals surface area contributed by atoms with Crippen LogP contribution in [0.3, 0.4) is 0 Å². The normalized spacial score (nSPS) is 19.3. The van der Waals surface area contributed by atoms with E-state index in [1.807, 2.05) is 11.8 Å². The summed E-state index contributed by atoms with van der Waals surface area (Å²) in [6.45, 7) is 3.51. The lowest BCUT2D eigenvalue weighted by Gasteiger charge is -2.22. The highest BCUT2D eigenvalue weighted by molar-refractivity contribution is 7.99. The SMILES string of the molecule is CN(CCSc1ccccc1)C1CCNC1.Cl.